The molecule has 1 amide bonds. The van der Waals surface area contributed by atoms with E-state index in [9.17, 15) is 14.7 Å². The number of amides is 1. The summed E-state index contributed by atoms with van der Waals surface area (Å²) >= 11 is 0. The number of carbonyl (C=O) groups excluding carboxylic acids is 1. The predicted octanol–water partition coefficient (Wildman–Crippen LogP) is 2.18. The van der Waals surface area contributed by atoms with E-state index in [4.69, 9.17) is 0 Å². The van der Waals surface area contributed by atoms with Crippen molar-refractivity contribution in [3.8, 4) is 0 Å². The van der Waals surface area contributed by atoms with Crippen LogP contribution in [0.2, 0.25) is 0 Å². The molecule has 1 unspecified atom stereocenters. The van der Waals surface area contributed by atoms with E-state index in [1.165, 1.54) is 0 Å². The van der Waals surface area contributed by atoms with Gasteiger partial charge in [0.25, 0.3) is 0 Å². The summed E-state index contributed by atoms with van der Waals surface area (Å²) in [4.78, 5) is 23.5. The molecule has 0 aliphatic heterocycles. The molecule has 4 nitrogen and oxygen atoms in total. The average Bonchev–Trinajstić information content (AvgIpc) is 2.66. The Labute approximate surface area is 108 Å². The smallest absolute Gasteiger partial charge is 0.307 e. The van der Waals surface area contributed by atoms with Gasteiger partial charge < -0.3 is 10.4 Å². The molecule has 0 aromatic heterocycles. The van der Waals surface area contributed by atoms with E-state index in [2.05, 4.69) is 12.2 Å². The van der Waals surface area contributed by atoms with Gasteiger partial charge in [-0.05, 0) is 44.4 Å². The lowest BCUT2D eigenvalue weighted by atomic mass is 9.74. The van der Waals surface area contributed by atoms with Crippen LogP contribution in [-0.2, 0) is 9.59 Å². The minimum Gasteiger partial charge on any atom is -0.481 e. The second-order valence-electron chi connectivity index (χ2n) is 6.10. The minimum absolute atomic E-state index is 0.0340. The third-order valence-electron chi connectivity index (χ3n) is 4.83. The lowest BCUT2D eigenvalue weighted by Crippen LogP contribution is -2.55. The zero-order valence-corrected chi connectivity index (χ0v) is 11.2. The Morgan fingerprint density at radius 2 is 1.89 bits per heavy atom. The summed E-state index contributed by atoms with van der Waals surface area (Å²) in [7, 11) is 0. The molecule has 0 bridgehead atoms. The van der Waals surface area contributed by atoms with E-state index in [0.29, 0.717) is 18.8 Å². The van der Waals surface area contributed by atoms with E-state index >= 15 is 0 Å². The zero-order chi connectivity index (χ0) is 13.3. The molecule has 2 aliphatic rings. The molecular weight excluding hydrogens is 230 g/mol. The predicted molar refractivity (Wildman–Crippen MR) is 68.0 cm³/mol. The maximum atomic E-state index is 12.3. The van der Waals surface area contributed by atoms with Gasteiger partial charge in [-0.2, -0.15) is 0 Å². The Bertz CT molecular complexity index is 343. The standard InChI is InChI=1S/C14H23NO3/c1-3-14(5-4-6-14)15-12(16)10-7-9(2)8-11(10)13(17)18/h9-11H,3-8H2,1-2H3,(H,15,16)(H,17,18)/t9?,10-,11+/m0/s1. The molecule has 2 fully saturated rings. The first kappa shape index (κ1) is 13.4. The van der Waals surface area contributed by atoms with Crippen LogP contribution in [0, 0.1) is 17.8 Å². The van der Waals surface area contributed by atoms with Gasteiger partial charge in [-0.15, -0.1) is 0 Å². The number of aliphatic carboxylic acids is 1. The maximum Gasteiger partial charge on any atom is 0.307 e. The van der Waals surface area contributed by atoms with Gasteiger partial charge in [0.1, 0.15) is 0 Å². The molecule has 102 valence electrons. The molecular formula is C14H23NO3. The number of nitrogens with one attached hydrogen (secondary N) is 1. The Morgan fingerprint density at radius 1 is 1.28 bits per heavy atom. The van der Waals surface area contributed by atoms with Crippen molar-refractivity contribution >= 4 is 11.9 Å². The summed E-state index contributed by atoms with van der Waals surface area (Å²) < 4.78 is 0. The molecule has 0 aromatic carbocycles. The molecule has 0 aromatic rings. The summed E-state index contributed by atoms with van der Waals surface area (Å²) in [6, 6.07) is 0. The van der Waals surface area contributed by atoms with Crippen LogP contribution in [0.3, 0.4) is 0 Å². The van der Waals surface area contributed by atoms with E-state index < -0.39 is 11.9 Å². The highest BCUT2D eigenvalue weighted by Crippen LogP contribution is 2.39. The van der Waals surface area contributed by atoms with Crippen LogP contribution in [0.25, 0.3) is 0 Å². The van der Waals surface area contributed by atoms with Gasteiger partial charge in [-0.1, -0.05) is 13.8 Å². The fraction of sp³-hybridized carbons (Fsp3) is 0.857. The molecule has 0 saturated heterocycles. The Hall–Kier alpha value is -1.06. The molecule has 2 rings (SSSR count). The number of rotatable bonds is 4. The quantitative estimate of drug-likeness (QED) is 0.807. The number of carboxylic acid groups (broad SMARTS) is 1. The van der Waals surface area contributed by atoms with Crippen molar-refractivity contribution in [2.45, 2.75) is 57.9 Å². The van der Waals surface area contributed by atoms with Crippen LogP contribution in [0.5, 0.6) is 0 Å². The molecule has 0 spiro atoms. The summed E-state index contributed by atoms with van der Waals surface area (Å²) in [6.07, 6.45) is 5.52. The molecule has 0 heterocycles. The van der Waals surface area contributed by atoms with Gasteiger partial charge in [0.15, 0.2) is 0 Å². The van der Waals surface area contributed by atoms with E-state index in [0.717, 1.165) is 25.7 Å². The van der Waals surface area contributed by atoms with Crippen LogP contribution in [-0.4, -0.2) is 22.5 Å². The van der Waals surface area contributed by atoms with Gasteiger partial charge in [-0.3, -0.25) is 9.59 Å². The molecule has 0 radical (unpaired) electrons. The zero-order valence-electron chi connectivity index (χ0n) is 11.2. The third kappa shape index (κ3) is 2.38. The van der Waals surface area contributed by atoms with Crippen molar-refractivity contribution in [1.82, 2.24) is 5.32 Å². The fourth-order valence-corrected chi connectivity index (χ4v) is 3.38. The second-order valence-corrected chi connectivity index (χ2v) is 6.10. The third-order valence-corrected chi connectivity index (χ3v) is 4.83. The second kappa shape index (κ2) is 4.90. The van der Waals surface area contributed by atoms with Crippen LogP contribution < -0.4 is 5.32 Å². The van der Waals surface area contributed by atoms with Crippen molar-refractivity contribution < 1.29 is 14.7 Å². The molecule has 4 heteroatoms. The van der Waals surface area contributed by atoms with E-state index in [1.54, 1.807) is 0 Å². The highest BCUT2D eigenvalue weighted by atomic mass is 16.4. The van der Waals surface area contributed by atoms with Gasteiger partial charge in [0.2, 0.25) is 5.91 Å². The first-order chi connectivity index (χ1) is 8.47. The van der Waals surface area contributed by atoms with Crippen molar-refractivity contribution in [1.29, 1.82) is 0 Å². The Kier molecular flexibility index (Phi) is 3.64. The van der Waals surface area contributed by atoms with E-state index in [-0.39, 0.29) is 17.4 Å². The lowest BCUT2D eigenvalue weighted by molar-refractivity contribution is -0.146. The number of hydrogen-bond acceptors (Lipinski definition) is 2. The van der Waals surface area contributed by atoms with Crippen molar-refractivity contribution in [3.05, 3.63) is 0 Å². The molecule has 2 saturated carbocycles. The van der Waals surface area contributed by atoms with Crippen LogP contribution in [0.15, 0.2) is 0 Å². The summed E-state index contributed by atoms with van der Waals surface area (Å²) in [6.45, 7) is 4.12. The molecule has 2 aliphatic carbocycles. The van der Waals surface area contributed by atoms with Gasteiger partial charge in [0, 0.05) is 5.54 Å². The van der Waals surface area contributed by atoms with Gasteiger partial charge in [0.05, 0.1) is 11.8 Å². The summed E-state index contributed by atoms with van der Waals surface area (Å²) in [5.41, 5.74) is -0.0357. The highest BCUT2D eigenvalue weighted by molar-refractivity contribution is 5.85. The van der Waals surface area contributed by atoms with Crippen molar-refractivity contribution in [2.75, 3.05) is 0 Å². The van der Waals surface area contributed by atoms with Crippen molar-refractivity contribution in [2.24, 2.45) is 17.8 Å². The largest absolute Gasteiger partial charge is 0.481 e. The van der Waals surface area contributed by atoms with Crippen LogP contribution >= 0.6 is 0 Å². The normalized spacial score (nSPS) is 33.8. The molecule has 18 heavy (non-hydrogen) atoms. The van der Waals surface area contributed by atoms with Crippen LogP contribution in [0.1, 0.15) is 52.4 Å². The topological polar surface area (TPSA) is 66.4 Å². The van der Waals surface area contributed by atoms with Crippen LogP contribution in [0.4, 0.5) is 0 Å². The Balaban J connectivity index is 2.01. The average molecular weight is 253 g/mol. The number of carbonyl (C=O) groups is 2. The highest BCUT2D eigenvalue weighted by Gasteiger charge is 2.44. The van der Waals surface area contributed by atoms with Crippen molar-refractivity contribution in [3.63, 3.8) is 0 Å². The number of carboxylic acids is 1. The first-order valence-corrected chi connectivity index (χ1v) is 7.02. The monoisotopic (exact) mass is 253 g/mol. The van der Waals surface area contributed by atoms with Gasteiger partial charge in [-0.25, -0.2) is 0 Å². The minimum atomic E-state index is -0.821. The molecule has 2 N–H and O–H groups in total. The SMILES string of the molecule is CCC1(NC(=O)[C@H]2CC(C)C[C@H]2C(=O)O)CCC1. The van der Waals surface area contributed by atoms with E-state index in [1.807, 2.05) is 6.92 Å². The maximum absolute atomic E-state index is 12.3. The summed E-state index contributed by atoms with van der Waals surface area (Å²) in [5.74, 6) is -1.34. The fourth-order valence-electron chi connectivity index (χ4n) is 3.38. The first-order valence-electron chi connectivity index (χ1n) is 7.02. The van der Waals surface area contributed by atoms with Gasteiger partial charge >= 0.3 is 5.97 Å². The number of hydrogen-bond donors (Lipinski definition) is 2. The Morgan fingerprint density at radius 3 is 2.33 bits per heavy atom. The molecule has 3 atom stereocenters. The lowest BCUT2D eigenvalue weighted by Gasteiger charge is -2.42. The summed E-state index contributed by atoms with van der Waals surface area (Å²) in [5, 5.41) is 12.3.